The van der Waals surface area contributed by atoms with Crippen molar-refractivity contribution < 1.29 is 0 Å². The molecule has 0 aliphatic rings. The maximum Gasteiger partial charge on any atom is 0.151 e. The second kappa shape index (κ2) is 4.44. The first-order valence-electron chi connectivity index (χ1n) is 4.35. The Morgan fingerprint density at radius 1 is 1.40 bits per heavy atom. The van der Waals surface area contributed by atoms with E-state index in [-0.39, 0.29) is 6.04 Å². The molecule has 1 unspecified atom stereocenters. The molecule has 0 aromatic carbocycles. The molecule has 1 atom stereocenters. The first kappa shape index (κ1) is 10.8. The summed E-state index contributed by atoms with van der Waals surface area (Å²) in [6, 6.07) is 3.72. The van der Waals surface area contributed by atoms with Gasteiger partial charge in [-0.2, -0.15) is 5.10 Å². The van der Waals surface area contributed by atoms with E-state index in [2.05, 4.69) is 37.8 Å². The van der Waals surface area contributed by atoms with Crippen LogP contribution in [-0.4, -0.2) is 19.7 Å². The highest BCUT2D eigenvalue weighted by Crippen LogP contribution is 2.16. The maximum atomic E-state index is 5.67. The number of rotatable bonds is 2. The van der Waals surface area contributed by atoms with Gasteiger partial charge in [0.1, 0.15) is 3.70 Å². The predicted octanol–water partition coefficient (Wildman–Crippen LogP) is 2.54. The molecule has 4 nitrogen and oxygen atoms in total. The molecule has 2 aromatic heterocycles. The van der Waals surface area contributed by atoms with Gasteiger partial charge in [0, 0.05) is 6.20 Å². The Bertz CT molecular complexity index is 453. The summed E-state index contributed by atoms with van der Waals surface area (Å²) in [6.07, 6.45) is 3.74. The van der Waals surface area contributed by atoms with Gasteiger partial charge < -0.3 is 4.57 Å². The van der Waals surface area contributed by atoms with Gasteiger partial charge in [-0.3, -0.25) is 0 Å². The Hall–Kier alpha value is -0.690. The van der Waals surface area contributed by atoms with Gasteiger partial charge in [-0.15, -0.1) is 5.10 Å². The Balaban J connectivity index is 2.28. The second-order valence-corrected chi connectivity index (χ2v) is 4.59. The molecule has 78 valence electrons. The van der Waals surface area contributed by atoms with Gasteiger partial charge in [-0.25, -0.2) is 4.98 Å². The van der Waals surface area contributed by atoms with Crippen molar-refractivity contribution in [2.75, 3.05) is 0 Å². The lowest BCUT2D eigenvalue weighted by Gasteiger charge is -2.10. The summed E-state index contributed by atoms with van der Waals surface area (Å²) in [7, 11) is 0. The first-order chi connectivity index (χ1) is 7.16. The average Bonchev–Trinajstić information content (AvgIpc) is 2.65. The van der Waals surface area contributed by atoms with Crippen LogP contribution in [0.3, 0.4) is 0 Å². The van der Waals surface area contributed by atoms with Gasteiger partial charge in [0.15, 0.2) is 5.15 Å². The van der Waals surface area contributed by atoms with Crippen LogP contribution in [0.4, 0.5) is 0 Å². The van der Waals surface area contributed by atoms with Gasteiger partial charge in [-0.05, 0) is 41.6 Å². The topological polar surface area (TPSA) is 43.6 Å². The molecule has 0 aliphatic heterocycles. The number of hydrogen-bond acceptors (Lipinski definition) is 3. The van der Waals surface area contributed by atoms with Crippen molar-refractivity contribution in [3.8, 4) is 0 Å². The van der Waals surface area contributed by atoms with Gasteiger partial charge in [0.05, 0.1) is 18.1 Å². The monoisotopic (exact) mass is 334 g/mol. The minimum atomic E-state index is 0.116. The standard InChI is InChI=1S/C9H8ClIN4/c1-6(15-4-9(11)12-5-15)7-2-3-8(10)14-13-7/h2-6H,1H3. The molecule has 2 heterocycles. The van der Waals surface area contributed by atoms with E-state index in [0.29, 0.717) is 5.15 Å². The van der Waals surface area contributed by atoms with Gasteiger partial charge in [0.25, 0.3) is 0 Å². The highest BCUT2D eigenvalue weighted by Gasteiger charge is 2.09. The summed E-state index contributed by atoms with van der Waals surface area (Å²) in [5.74, 6) is 0. The molecular formula is C9H8ClIN4. The van der Waals surface area contributed by atoms with Crippen molar-refractivity contribution in [1.82, 2.24) is 19.7 Å². The Kier molecular flexibility index (Phi) is 3.20. The number of hydrogen-bond donors (Lipinski definition) is 0. The summed E-state index contributed by atoms with van der Waals surface area (Å²) in [4.78, 5) is 4.16. The lowest BCUT2D eigenvalue weighted by molar-refractivity contribution is 0.609. The number of nitrogens with zero attached hydrogens (tertiary/aromatic N) is 4. The van der Waals surface area contributed by atoms with Crippen molar-refractivity contribution in [3.63, 3.8) is 0 Å². The molecule has 0 spiro atoms. The second-order valence-electron chi connectivity index (χ2n) is 3.10. The molecule has 2 rings (SSSR count). The van der Waals surface area contributed by atoms with E-state index in [1.54, 1.807) is 12.4 Å². The van der Waals surface area contributed by atoms with Crippen molar-refractivity contribution in [1.29, 1.82) is 0 Å². The Morgan fingerprint density at radius 3 is 2.73 bits per heavy atom. The van der Waals surface area contributed by atoms with E-state index in [9.17, 15) is 0 Å². The van der Waals surface area contributed by atoms with E-state index in [1.807, 2.05) is 23.8 Å². The van der Waals surface area contributed by atoms with E-state index in [0.717, 1.165) is 9.39 Å². The fourth-order valence-electron chi connectivity index (χ4n) is 1.23. The van der Waals surface area contributed by atoms with E-state index < -0.39 is 0 Å². The van der Waals surface area contributed by atoms with Crippen LogP contribution < -0.4 is 0 Å². The minimum absolute atomic E-state index is 0.116. The molecular weight excluding hydrogens is 326 g/mol. The molecule has 0 bridgehead atoms. The average molecular weight is 335 g/mol. The Labute approximate surface area is 106 Å². The third kappa shape index (κ3) is 2.46. The molecule has 15 heavy (non-hydrogen) atoms. The molecule has 0 saturated heterocycles. The highest BCUT2D eigenvalue weighted by molar-refractivity contribution is 14.1. The largest absolute Gasteiger partial charge is 0.327 e. The molecule has 0 N–H and O–H groups in total. The van der Waals surface area contributed by atoms with Gasteiger partial charge in [-0.1, -0.05) is 11.6 Å². The number of halogens is 2. The lowest BCUT2D eigenvalue weighted by Crippen LogP contribution is -2.07. The van der Waals surface area contributed by atoms with E-state index in [4.69, 9.17) is 11.6 Å². The summed E-state index contributed by atoms with van der Waals surface area (Å²) in [6.45, 7) is 2.04. The smallest absolute Gasteiger partial charge is 0.151 e. The van der Waals surface area contributed by atoms with Crippen LogP contribution in [0.1, 0.15) is 18.7 Å². The Morgan fingerprint density at radius 2 is 2.20 bits per heavy atom. The fourth-order valence-corrected chi connectivity index (χ4v) is 1.77. The number of aromatic nitrogens is 4. The molecule has 2 aromatic rings. The van der Waals surface area contributed by atoms with Crippen molar-refractivity contribution in [2.24, 2.45) is 0 Å². The minimum Gasteiger partial charge on any atom is -0.327 e. The molecule has 0 aliphatic carbocycles. The maximum absolute atomic E-state index is 5.67. The molecule has 0 saturated carbocycles. The predicted molar refractivity (Wildman–Crippen MR) is 65.8 cm³/mol. The summed E-state index contributed by atoms with van der Waals surface area (Å²) in [5, 5.41) is 8.25. The highest BCUT2D eigenvalue weighted by atomic mass is 127. The van der Waals surface area contributed by atoms with Crippen molar-refractivity contribution in [2.45, 2.75) is 13.0 Å². The van der Waals surface area contributed by atoms with E-state index in [1.165, 1.54) is 0 Å². The summed E-state index contributed by atoms with van der Waals surface area (Å²) < 4.78 is 2.95. The molecule has 0 radical (unpaired) electrons. The quantitative estimate of drug-likeness (QED) is 0.793. The third-order valence-electron chi connectivity index (χ3n) is 2.10. The molecule has 0 amide bonds. The van der Waals surface area contributed by atoms with Gasteiger partial charge >= 0.3 is 0 Å². The van der Waals surface area contributed by atoms with Crippen LogP contribution in [-0.2, 0) is 0 Å². The summed E-state index contributed by atoms with van der Waals surface area (Å²) in [5.41, 5.74) is 0.869. The first-order valence-corrected chi connectivity index (χ1v) is 5.80. The zero-order valence-electron chi connectivity index (χ0n) is 7.93. The fraction of sp³-hybridized carbons (Fsp3) is 0.222. The van der Waals surface area contributed by atoms with Crippen LogP contribution in [0.25, 0.3) is 0 Å². The van der Waals surface area contributed by atoms with Crippen molar-refractivity contribution in [3.05, 3.63) is 39.2 Å². The van der Waals surface area contributed by atoms with E-state index >= 15 is 0 Å². The summed E-state index contributed by atoms with van der Waals surface area (Å²) >= 11 is 7.84. The molecule has 0 fully saturated rings. The van der Waals surface area contributed by atoms with Crippen LogP contribution in [0.5, 0.6) is 0 Å². The zero-order valence-corrected chi connectivity index (χ0v) is 10.8. The third-order valence-corrected chi connectivity index (χ3v) is 2.86. The van der Waals surface area contributed by atoms with Gasteiger partial charge in [0.2, 0.25) is 0 Å². The SMILES string of the molecule is CC(c1ccc(Cl)nn1)n1cnc(I)c1. The van der Waals surface area contributed by atoms with Crippen molar-refractivity contribution >= 4 is 34.2 Å². The van der Waals surface area contributed by atoms with Crippen LogP contribution >= 0.6 is 34.2 Å². The molecule has 6 heteroatoms. The lowest BCUT2D eigenvalue weighted by atomic mass is 10.2. The normalized spacial score (nSPS) is 12.7. The van der Waals surface area contributed by atoms with Crippen LogP contribution in [0.15, 0.2) is 24.7 Å². The number of imidazole rings is 1. The van der Waals surface area contributed by atoms with Crippen LogP contribution in [0.2, 0.25) is 5.15 Å². The van der Waals surface area contributed by atoms with Crippen LogP contribution in [0, 0.1) is 3.70 Å². The zero-order chi connectivity index (χ0) is 10.8.